The largest absolute Gasteiger partial charge is 0.401 e. The Morgan fingerprint density at radius 1 is 1.13 bits per heavy atom. The Bertz CT molecular complexity index is 372. The van der Waals surface area contributed by atoms with E-state index in [0.29, 0.717) is 26.1 Å². The summed E-state index contributed by atoms with van der Waals surface area (Å²) in [5, 5.41) is 5.37. The first-order chi connectivity index (χ1) is 10.1. The Morgan fingerprint density at radius 2 is 1.78 bits per heavy atom. The van der Waals surface area contributed by atoms with Gasteiger partial charge in [-0.15, -0.1) is 24.0 Å². The Balaban J connectivity index is 0.00000484. The molecule has 1 atom stereocenters. The second-order valence-corrected chi connectivity index (χ2v) is 5.25. The molecule has 1 fully saturated rings. The van der Waals surface area contributed by atoms with E-state index in [1.165, 1.54) is 11.9 Å². The summed E-state index contributed by atoms with van der Waals surface area (Å²) < 4.78 is 72.8. The molecule has 0 bridgehead atoms. The second-order valence-electron chi connectivity index (χ2n) is 5.25. The van der Waals surface area contributed by atoms with Crippen LogP contribution >= 0.6 is 24.0 Å². The van der Waals surface area contributed by atoms with E-state index in [0.717, 1.165) is 0 Å². The highest BCUT2D eigenvalue weighted by Crippen LogP contribution is 2.22. The van der Waals surface area contributed by atoms with Crippen LogP contribution in [0.1, 0.15) is 12.8 Å². The number of nitrogens with one attached hydrogen (secondary N) is 2. The fourth-order valence-electron chi connectivity index (χ4n) is 2.26. The number of nitrogens with zero attached hydrogens (tertiary/aromatic N) is 2. The molecule has 0 saturated carbocycles. The summed E-state index contributed by atoms with van der Waals surface area (Å²) in [5.74, 6) is 0.238. The lowest BCUT2D eigenvalue weighted by Crippen LogP contribution is -2.41. The number of likely N-dealkylation sites (tertiary alicyclic amines) is 1. The number of hydrogen-bond donors (Lipinski definition) is 2. The lowest BCUT2D eigenvalue weighted by molar-refractivity contribution is -0.143. The van der Waals surface area contributed by atoms with Gasteiger partial charge in [0.05, 0.1) is 13.0 Å². The summed E-state index contributed by atoms with van der Waals surface area (Å²) >= 11 is 0. The molecule has 138 valence electrons. The predicted molar refractivity (Wildman–Crippen MR) is 86.1 cm³/mol. The highest BCUT2D eigenvalue weighted by Gasteiger charge is 2.34. The number of hydrogen-bond acceptors (Lipinski definition) is 2. The van der Waals surface area contributed by atoms with Gasteiger partial charge in [0, 0.05) is 26.7 Å². The monoisotopic (exact) mass is 462 g/mol. The average molecular weight is 462 g/mol. The van der Waals surface area contributed by atoms with Gasteiger partial charge >= 0.3 is 12.4 Å². The normalized spacial score (nSPS) is 20.3. The van der Waals surface area contributed by atoms with Crippen molar-refractivity contribution in [2.45, 2.75) is 25.2 Å². The van der Waals surface area contributed by atoms with E-state index in [9.17, 15) is 26.3 Å². The smallest absolute Gasteiger partial charge is 0.356 e. The van der Waals surface area contributed by atoms with Crippen LogP contribution in [0.5, 0.6) is 0 Å². The van der Waals surface area contributed by atoms with Gasteiger partial charge in [0.15, 0.2) is 5.96 Å². The fraction of sp³-hybridized carbons (Fsp3) is 0.917. The second kappa shape index (κ2) is 9.74. The number of halogens is 7. The third-order valence-electron chi connectivity index (χ3n) is 3.26. The molecule has 0 radical (unpaired) electrons. The number of guanidine groups is 1. The van der Waals surface area contributed by atoms with E-state index >= 15 is 0 Å². The molecule has 4 nitrogen and oxygen atoms in total. The molecule has 1 aliphatic rings. The van der Waals surface area contributed by atoms with Crippen molar-refractivity contribution >= 4 is 29.9 Å². The first-order valence-electron chi connectivity index (χ1n) is 6.89. The topological polar surface area (TPSA) is 39.7 Å². The molecule has 11 heteroatoms. The maximum atomic E-state index is 12.3. The SMILES string of the molecule is CN=C(NCCC(F)(F)F)NCC1CCN(CC(F)(F)F)C1.I. The Kier molecular flexibility index (Phi) is 9.55. The molecular formula is C12H21F6IN4. The first kappa shape index (κ1) is 22.5. The van der Waals surface area contributed by atoms with Gasteiger partial charge in [0.2, 0.25) is 0 Å². The van der Waals surface area contributed by atoms with Crippen LogP contribution in [0.3, 0.4) is 0 Å². The predicted octanol–water partition coefficient (Wildman–Crippen LogP) is 2.61. The van der Waals surface area contributed by atoms with Crippen LogP contribution in [0.25, 0.3) is 0 Å². The van der Waals surface area contributed by atoms with Crippen LogP contribution in [-0.4, -0.2) is 63.0 Å². The highest BCUT2D eigenvalue weighted by atomic mass is 127. The van der Waals surface area contributed by atoms with Crippen LogP contribution in [0, 0.1) is 5.92 Å². The molecule has 0 amide bonds. The minimum atomic E-state index is -4.24. The molecule has 0 aromatic rings. The maximum Gasteiger partial charge on any atom is 0.401 e. The van der Waals surface area contributed by atoms with Gasteiger partial charge in [-0.1, -0.05) is 0 Å². The van der Waals surface area contributed by atoms with Crippen molar-refractivity contribution in [2.24, 2.45) is 10.9 Å². The molecule has 0 aromatic heterocycles. The highest BCUT2D eigenvalue weighted by molar-refractivity contribution is 14.0. The lowest BCUT2D eigenvalue weighted by atomic mass is 10.1. The van der Waals surface area contributed by atoms with Gasteiger partial charge in [0.1, 0.15) is 0 Å². The molecule has 0 aromatic carbocycles. The number of rotatable bonds is 5. The van der Waals surface area contributed by atoms with Gasteiger partial charge in [-0.3, -0.25) is 9.89 Å². The first-order valence-corrected chi connectivity index (χ1v) is 6.89. The zero-order chi connectivity index (χ0) is 16.8. The minimum absolute atomic E-state index is 0. The van der Waals surface area contributed by atoms with Crippen LogP contribution in [0.4, 0.5) is 26.3 Å². The van der Waals surface area contributed by atoms with Gasteiger partial charge in [-0.2, -0.15) is 26.3 Å². The van der Waals surface area contributed by atoms with Crippen molar-refractivity contribution in [3.05, 3.63) is 0 Å². The molecular weight excluding hydrogens is 441 g/mol. The summed E-state index contributed by atoms with van der Waals surface area (Å²) in [6.45, 7) is -0.172. The molecule has 23 heavy (non-hydrogen) atoms. The van der Waals surface area contributed by atoms with E-state index < -0.39 is 25.3 Å². The zero-order valence-electron chi connectivity index (χ0n) is 12.6. The van der Waals surface area contributed by atoms with E-state index in [1.54, 1.807) is 0 Å². The standard InChI is InChI=1S/C12H20F6N4.HI/c1-19-10(20-4-3-11(13,14)15)21-6-9-2-5-22(7-9)8-12(16,17)18;/h9H,2-8H2,1H3,(H2,19,20,21);1H. The summed E-state index contributed by atoms with van der Waals surface area (Å²) in [4.78, 5) is 5.11. The molecule has 1 unspecified atom stereocenters. The van der Waals surface area contributed by atoms with Crippen LogP contribution in [0.15, 0.2) is 4.99 Å². The van der Waals surface area contributed by atoms with Crippen molar-refractivity contribution in [1.82, 2.24) is 15.5 Å². The molecule has 1 heterocycles. The van der Waals surface area contributed by atoms with Gasteiger partial charge < -0.3 is 10.6 Å². The van der Waals surface area contributed by atoms with Crippen LogP contribution in [-0.2, 0) is 0 Å². The molecule has 1 aliphatic heterocycles. The quantitative estimate of drug-likeness (QED) is 0.286. The Morgan fingerprint density at radius 3 is 2.30 bits per heavy atom. The molecule has 1 rings (SSSR count). The van der Waals surface area contributed by atoms with Crippen molar-refractivity contribution in [3.8, 4) is 0 Å². The van der Waals surface area contributed by atoms with Crippen molar-refractivity contribution in [3.63, 3.8) is 0 Å². The molecule has 0 spiro atoms. The number of aliphatic imine (C=N–C) groups is 1. The summed E-state index contributed by atoms with van der Waals surface area (Å²) in [6.07, 6.45) is -8.81. The summed E-state index contributed by atoms with van der Waals surface area (Å²) in [7, 11) is 1.42. The van der Waals surface area contributed by atoms with Crippen molar-refractivity contribution in [1.29, 1.82) is 0 Å². The molecule has 2 N–H and O–H groups in total. The van der Waals surface area contributed by atoms with Crippen molar-refractivity contribution < 1.29 is 26.3 Å². The third kappa shape index (κ3) is 10.8. The van der Waals surface area contributed by atoms with Crippen LogP contribution in [0.2, 0.25) is 0 Å². The average Bonchev–Trinajstić information content (AvgIpc) is 2.77. The van der Waals surface area contributed by atoms with E-state index in [1.807, 2.05) is 0 Å². The van der Waals surface area contributed by atoms with Gasteiger partial charge in [-0.05, 0) is 18.9 Å². The summed E-state index contributed by atoms with van der Waals surface area (Å²) in [6, 6.07) is 0. The van der Waals surface area contributed by atoms with E-state index in [-0.39, 0.29) is 42.4 Å². The third-order valence-corrected chi connectivity index (χ3v) is 3.26. The number of alkyl halides is 6. The minimum Gasteiger partial charge on any atom is -0.356 e. The zero-order valence-corrected chi connectivity index (χ0v) is 14.9. The molecule has 1 saturated heterocycles. The van der Waals surface area contributed by atoms with E-state index in [2.05, 4.69) is 15.6 Å². The Hall–Kier alpha value is -0.460. The van der Waals surface area contributed by atoms with Gasteiger partial charge in [-0.25, -0.2) is 0 Å². The Labute approximate surface area is 148 Å². The van der Waals surface area contributed by atoms with Gasteiger partial charge in [0.25, 0.3) is 0 Å². The lowest BCUT2D eigenvalue weighted by Gasteiger charge is -2.18. The maximum absolute atomic E-state index is 12.3. The van der Waals surface area contributed by atoms with Crippen LogP contribution < -0.4 is 10.6 Å². The summed E-state index contributed by atoms with van der Waals surface area (Å²) in [5.41, 5.74) is 0. The molecule has 0 aliphatic carbocycles. The van der Waals surface area contributed by atoms with Crippen molar-refractivity contribution in [2.75, 3.05) is 39.8 Å². The van der Waals surface area contributed by atoms with E-state index in [4.69, 9.17) is 0 Å². The fourth-order valence-corrected chi connectivity index (χ4v) is 2.26.